The molecule has 1 rings (SSSR count). The van der Waals surface area contributed by atoms with Gasteiger partial charge in [0.05, 0.1) is 25.2 Å². The molecule has 0 aliphatic heterocycles. The summed E-state index contributed by atoms with van der Waals surface area (Å²) in [6, 6.07) is 12.0. The molecule has 1 atom stereocenters. The molecule has 0 heterocycles. The fraction of sp³-hybridized carbons (Fsp3) is 0.364. The van der Waals surface area contributed by atoms with Crippen molar-refractivity contribution in [2.45, 2.75) is 19.4 Å². The largest absolute Gasteiger partial charge is 0.373 e. The monoisotopic (exact) mass is 175 g/mol. The lowest BCUT2D eigenvalue weighted by Crippen LogP contribution is -2.00. The lowest BCUT2D eigenvalue weighted by molar-refractivity contribution is 0.0700. The second-order valence-electron chi connectivity index (χ2n) is 2.83. The zero-order chi connectivity index (χ0) is 9.52. The van der Waals surface area contributed by atoms with Crippen molar-refractivity contribution in [1.82, 2.24) is 0 Å². The van der Waals surface area contributed by atoms with Crippen molar-refractivity contribution in [1.29, 1.82) is 5.26 Å². The Balaban J connectivity index is 2.41. The molecule has 0 saturated carbocycles. The number of nitrogens with zero attached hydrogens (tertiary/aromatic N) is 1. The van der Waals surface area contributed by atoms with Crippen LogP contribution in [0.4, 0.5) is 0 Å². The molecule has 13 heavy (non-hydrogen) atoms. The van der Waals surface area contributed by atoms with Crippen molar-refractivity contribution >= 4 is 0 Å². The molecule has 0 fully saturated rings. The van der Waals surface area contributed by atoms with Crippen LogP contribution in [0, 0.1) is 11.3 Å². The highest BCUT2D eigenvalue weighted by Gasteiger charge is 2.03. The molecule has 0 bridgehead atoms. The van der Waals surface area contributed by atoms with E-state index in [1.165, 1.54) is 0 Å². The second kappa shape index (κ2) is 5.34. The van der Waals surface area contributed by atoms with Gasteiger partial charge >= 0.3 is 0 Å². The molecular formula is C11H13NO. The fourth-order valence-electron chi connectivity index (χ4n) is 1.10. The van der Waals surface area contributed by atoms with Crippen LogP contribution in [-0.4, -0.2) is 6.61 Å². The molecule has 0 aromatic heterocycles. The van der Waals surface area contributed by atoms with Crippen LogP contribution in [0.3, 0.4) is 0 Å². The third-order valence-electron chi connectivity index (χ3n) is 1.85. The molecule has 0 radical (unpaired) electrons. The van der Waals surface area contributed by atoms with E-state index >= 15 is 0 Å². The highest BCUT2D eigenvalue weighted by atomic mass is 16.5. The summed E-state index contributed by atoms with van der Waals surface area (Å²) in [6.07, 6.45) is 0.534. The summed E-state index contributed by atoms with van der Waals surface area (Å²) >= 11 is 0. The molecule has 0 amide bonds. The molecule has 2 heteroatoms. The van der Waals surface area contributed by atoms with Gasteiger partial charge in [-0.1, -0.05) is 30.3 Å². The summed E-state index contributed by atoms with van der Waals surface area (Å²) in [5, 5.41) is 8.32. The molecule has 0 aliphatic carbocycles. The van der Waals surface area contributed by atoms with Gasteiger partial charge in [-0.2, -0.15) is 5.26 Å². The molecule has 68 valence electrons. The van der Waals surface area contributed by atoms with Gasteiger partial charge in [0.25, 0.3) is 0 Å². The molecule has 0 aliphatic rings. The number of rotatable bonds is 4. The predicted molar refractivity (Wildman–Crippen MR) is 51.0 cm³/mol. The van der Waals surface area contributed by atoms with Crippen LogP contribution in [0.1, 0.15) is 25.0 Å². The van der Waals surface area contributed by atoms with Gasteiger partial charge in [-0.15, -0.1) is 0 Å². The lowest BCUT2D eigenvalue weighted by atomic mass is 10.1. The van der Waals surface area contributed by atoms with Crippen LogP contribution < -0.4 is 0 Å². The van der Waals surface area contributed by atoms with E-state index < -0.39 is 0 Å². The van der Waals surface area contributed by atoms with Crippen molar-refractivity contribution in [3.63, 3.8) is 0 Å². The van der Waals surface area contributed by atoms with E-state index in [2.05, 4.69) is 0 Å². The van der Waals surface area contributed by atoms with E-state index in [0.717, 1.165) is 5.56 Å². The minimum absolute atomic E-state index is 0.0783. The van der Waals surface area contributed by atoms with Gasteiger partial charge in [-0.3, -0.25) is 0 Å². The van der Waals surface area contributed by atoms with Gasteiger partial charge in [0.1, 0.15) is 0 Å². The van der Waals surface area contributed by atoms with Gasteiger partial charge in [0, 0.05) is 0 Å². The minimum Gasteiger partial charge on any atom is -0.373 e. The summed E-state index contributed by atoms with van der Waals surface area (Å²) in [5.41, 5.74) is 1.15. The Morgan fingerprint density at radius 3 is 2.69 bits per heavy atom. The summed E-state index contributed by atoms with van der Waals surface area (Å²) in [7, 11) is 0. The lowest BCUT2D eigenvalue weighted by Gasteiger charge is -2.11. The quantitative estimate of drug-likeness (QED) is 0.659. The third-order valence-corrected chi connectivity index (χ3v) is 1.85. The van der Waals surface area contributed by atoms with E-state index in [1.807, 2.05) is 43.3 Å². The zero-order valence-corrected chi connectivity index (χ0v) is 7.73. The average Bonchev–Trinajstić information content (AvgIpc) is 2.19. The van der Waals surface area contributed by atoms with Crippen molar-refractivity contribution in [2.24, 2.45) is 0 Å². The van der Waals surface area contributed by atoms with Crippen LogP contribution in [0.25, 0.3) is 0 Å². The van der Waals surface area contributed by atoms with E-state index in [1.54, 1.807) is 0 Å². The number of hydrogen-bond donors (Lipinski definition) is 0. The standard InChI is InChI=1S/C11H13NO/c1-10(13-9-5-8-12)11-6-3-2-4-7-11/h2-4,6-7,10H,5,9H2,1H3. The van der Waals surface area contributed by atoms with E-state index in [-0.39, 0.29) is 6.10 Å². The SMILES string of the molecule is CC(OCCC#N)c1ccccc1. The van der Waals surface area contributed by atoms with Gasteiger partial charge in [0.2, 0.25) is 0 Å². The van der Waals surface area contributed by atoms with Crippen molar-refractivity contribution in [3.05, 3.63) is 35.9 Å². The molecular weight excluding hydrogens is 162 g/mol. The topological polar surface area (TPSA) is 33.0 Å². The highest BCUT2D eigenvalue weighted by molar-refractivity contribution is 5.16. The van der Waals surface area contributed by atoms with Crippen LogP contribution in [0.5, 0.6) is 0 Å². The molecule has 1 unspecified atom stereocenters. The first-order chi connectivity index (χ1) is 6.34. The molecule has 0 saturated heterocycles. The summed E-state index contributed by atoms with van der Waals surface area (Å²) in [4.78, 5) is 0. The van der Waals surface area contributed by atoms with Crippen LogP contribution in [-0.2, 0) is 4.74 Å². The molecule has 1 aromatic rings. The third kappa shape index (κ3) is 3.27. The summed E-state index contributed by atoms with van der Waals surface area (Å²) < 4.78 is 5.45. The Bertz CT molecular complexity index is 276. The average molecular weight is 175 g/mol. The Hall–Kier alpha value is -1.33. The van der Waals surface area contributed by atoms with Gasteiger partial charge in [-0.25, -0.2) is 0 Å². The molecule has 0 N–H and O–H groups in total. The maximum absolute atomic E-state index is 8.32. The smallest absolute Gasteiger partial charge is 0.0797 e. The Labute approximate surface area is 78.8 Å². The van der Waals surface area contributed by atoms with Gasteiger partial charge in [0.15, 0.2) is 0 Å². The predicted octanol–water partition coefficient (Wildman–Crippen LogP) is 2.68. The van der Waals surface area contributed by atoms with Crippen LogP contribution in [0.2, 0.25) is 0 Å². The van der Waals surface area contributed by atoms with E-state index in [0.29, 0.717) is 13.0 Å². The normalized spacial score (nSPS) is 12.0. The van der Waals surface area contributed by atoms with Crippen LogP contribution in [0.15, 0.2) is 30.3 Å². The van der Waals surface area contributed by atoms with Gasteiger partial charge < -0.3 is 4.74 Å². The fourth-order valence-corrected chi connectivity index (χ4v) is 1.10. The van der Waals surface area contributed by atoms with Crippen LogP contribution >= 0.6 is 0 Å². The Morgan fingerprint density at radius 2 is 2.08 bits per heavy atom. The first-order valence-electron chi connectivity index (χ1n) is 4.38. The number of benzene rings is 1. The molecule has 1 aromatic carbocycles. The van der Waals surface area contributed by atoms with Crippen molar-refractivity contribution in [2.75, 3.05) is 6.61 Å². The van der Waals surface area contributed by atoms with Crippen molar-refractivity contribution < 1.29 is 4.74 Å². The number of ether oxygens (including phenoxy) is 1. The minimum atomic E-state index is 0.0783. The van der Waals surface area contributed by atoms with E-state index in [9.17, 15) is 0 Å². The Morgan fingerprint density at radius 1 is 1.38 bits per heavy atom. The summed E-state index contributed by atoms with van der Waals surface area (Å²) in [6.45, 7) is 2.50. The first-order valence-corrected chi connectivity index (χ1v) is 4.38. The summed E-state index contributed by atoms with van der Waals surface area (Å²) in [5.74, 6) is 0. The molecule has 2 nitrogen and oxygen atoms in total. The zero-order valence-electron chi connectivity index (χ0n) is 7.73. The first kappa shape index (κ1) is 9.76. The second-order valence-corrected chi connectivity index (χ2v) is 2.83. The van der Waals surface area contributed by atoms with E-state index in [4.69, 9.17) is 10.00 Å². The highest BCUT2D eigenvalue weighted by Crippen LogP contribution is 2.15. The maximum Gasteiger partial charge on any atom is 0.0797 e. The maximum atomic E-state index is 8.32. The van der Waals surface area contributed by atoms with Gasteiger partial charge in [-0.05, 0) is 12.5 Å². The number of nitriles is 1. The van der Waals surface area contributed by atoms with Crippen molar-refractivity contribution in [3.8, 4) is 6.07 Å². The number of hydrogen-bond acceptors (Lipinski definition) is 2. The molecule has 0 spiro atoms. The Kier molecular flexibility index (Phi) is 4.01.